The molecule has 1 saturated heterocycles. The summed E-state index contributed by atoms with van der Waals surface area (Å²) < 4.78 is 16.2. The van der Waals surface area contributed by atoms with Crippen molar-refractivity contribution in [1.29, 1.82) is 0 Å². The third kappa shape index (κ3) is 3.53. The van der Waals surface area contributed by atoms with Gasteiger partial charge in [0.05, 0.1) is 12.7 Å². The molecule has 0 unspecified atom stereocenters. The van der Waals surface area contributed by atoms with E-state index in [1.54, 1.807) is 48.5 Å². The smallest absolute Gasteiger partial charge is 0.419 e. The predicted octanol–water partition coefficient (Wildman–Crippen LogP) is 3.95. The van der Waals surface area contributed by atoms with Crippen LogP contribution < -0.4 is 14.8 Å². The van der Waals surface area contributed by atoms with Crippen molar-refractivity contribution < 1.29 is 33.7 Å². The zero-order chi connectivity index (χ0) is 21.3. The monoisotopic (exact) mass is 405 g/mol. The molecule has 0 aliphatic carbocycles. The molecule has 0 spiro atoms. The molecule has 0 saturated carbocycles. The van der Waals surface area contributed by atoms with Crippen LogP contribution in [-0.4, -0.2) is 30.2 Å². The van der Waals surface area contributed by atoms with Crippen LogP contribution in [0.5, 0.6) is 17.2 Å². The van der Waals surface area contributed by atoms with Gasteiger partial charge < -0.3 is 19.3 Å². The first kappa shape index (κ1) is 19.0. The summed E-state index contributed by atoms with van der Waals surface area (Å²) in [7, 11) is 1.47. The SMILES string of the molecule is COc1cc(/C=C2/OC(=O)NC2=O)ccc1Oc1ccc(C(=O)O)c2ccccc12. The maximum Gasteiger partial charge on any atom is 0.419 e. The van der Waals surface area contributed by atoms with Gasteiger partial charge in [-0.3, -0.25) is 10.1 Å². The minimum absolute atomic E-state index is 0.119. The van der Waals surface area contributed by atoms with Crippen LogP contribution in [0.1, 0.15) is 15.9 Å². The second-order valence-corrected chi connectivity index (χ2v) is 6.33. The van der Waals surface area contributed by atoms with Crippen molar-refractivity contribution in [3.63, 3.8) is 0 Å². The van der Waals surface area contributed by atoms with Crippen LogP contribution in [0.15, 0.2) is 60.4 Å². The standard InChI is InChI=1S/C22H15NO7/c1-28-18-10-12(11-19-20(24)23-22(27)30-19)6-8-17(18)29-16-9-7-15(21(25)26)13-4-2-3-5-14(13)16/h2-11H,1H3,(H,25,26)(H,23,24,27)/b19-11+. The van der Waals surface area contributed by atoms with Crippen molar-refractivity contribution in [2.24, 2.45) is 0 Å². The van der Waals surface area contributed by atoms with Crippen molar-refractivity contribution in [3.05, 3.63) is 71.5 Å². The molecule has 3 aromatic rings. The van der Waals surface area contributed by atoms with E-state index in [-0.39, 0.29) is 11.3 Å². The summed E-state index contributed by atoms with van der Waals surface area (Å²) in [6.45, 7) is 0. The van der Waals surface area contributed by atoms with Crippen LogP contribution in [0, 0.1) is 0 Å². The highest BCUT2D eigenvalue weighted by Gasteiger charge is 2.26. The van der Waals surface area contributed by atoms with Gasteiger partial charge in [0.25, 0.3) is 5.91 Å². The Morgan fingerprint density at radius 2 is 1.73 bits per heavy atom. The van der Waals surface area contributed by atoms with E-state index in [1.165, 1.54) is 19.3 Å². The number of hydrogen-bond acceptors (Lipinski definition) is 6. The molecular weight excluding hydrogens is 390 g/mol. The van der Waals surface area contributed by atoms with Crippen LogP contribution in [0.25, 0.3) is 16.8 Å². The first-order valence-corrected chi connectivity index (χ1v) is 8.82. The van der Waals surface area contributed by atoms with Crippen LogP contribution in [0.3, 0.4) is 0 Å². The zero-order valence-corrected chi connectivity index (χ0v) is 15.7. The van der Waals surface area contributed by atoms with Crippen molar-refractivity contribution in [2.75, 3.05) is 7.11 Å². The highest BCUT2D eigenvalue weighted by atomic mass is 16.6. The molecule has 8 nitrogen and oxygen atoms in total. The number of carbonyl (C=O) groups excluding carboxylic acids is 2. The van der Waals surface area contributed by atoms with E-state index in [1.807, 2.05) is 5.32 Å². The van der Waals surface area contributed by atoms with Gasteiger partial charge in [-0.05, 0) is 41.3 Å². The Morgan fingerprint density at radius 1 is 1.00 bits per heavy atom. The Kier molecular flexibility index (Phi) is 4.81. The fourth-order valence-electron chi connectivity index (χ4n) is 3.10. The lowest BCUT2D eigenvalue weighted by Gasteiger charge is -2.14. The highest BCUT2D eigenvalue weighted by Crippen LogP contribution is 2.37. The average Bonchev–Trinajstić information content (AvgIpc) is 3.05. The third-order valence-electron chi connectivity index (χ3n) is 4.46. The van der Waals surface area contributed by atoms with Crippen LogP contribution in [0.4, 0.5) is 4.79 Å². The van der Waals surface area contributed by atoms with Gasteiger partial charge >= 0.3 is 12.1 Å². The first-order valence-electron chi connectivity index (χ1n) is 8.82. The number of imide groups is 1. The number of cyclic esters (lactones) is 1. The summed E-state index contributed by atoms with van der Waals surface area (Å²) in [6.07, 6.45) is 0.582. The largest absolute Gasteiger partial charge is 0.493 e. The van der Waals surface area contributed by atoms with E-state index in [9.17, 15) is 19.5 Å². The van der Waals surface area contributed by atoms with E-state index < -0.39 is 18.0 Å². The summed E-state index contributed by atoms with van der Waals surface area (Å²) in [5.74, 6) is -0.537. The highest BCUT2D eigenvalue weighted by molar-refractivity contribution is 6.10. The van der Waals surface area contributed by atoms with E-state index in [0.29, 0.717) is 33.6 Å². The third-order valence-corrected chi connectivity index (χ3v) is 4.46. The number of fused-ring (bicyclic) bond motifs is 1. The van der Waals surface area contributed by atoms with Gasteiger partial charge in [-0.25, -0.2) is 9.59 Å². The lowest BCUT2D eigenvalue weighted by Crippen LogP contribution is -2.18. The maximum atomic E-state index is 11.6. The molecule has 1 aliphatic rings. The summed E-state index contributed by atoms with van der Waals surface area (Å²) in [5.41, 5.74) is 0.737. The number of carboxylic acids is 1. The second-order valence-electron chi connectivity index (χ2n) is 6.33. The molecule has 8 heteroatoms. The van der Waals surface area contributed by atoms with E-state index in [4.69, 9.17) is 14.2 Å². The zero-order valence-electron chi connectivity index (χ0n) is 15.7. The molecule has 0 radical (unpaired) electrons. The molecule has 1 fully saturated rings. The van der Waals surface area contributed by atoms with Crippen LogP contribution in [0.2, 0.25) is 0 Å². The fourth-order valence-corrected chi connectivity index (χ4v) is 3.10. The Bertz CT molecular complexity index is 1230. The van der Waals surface area contributed by atoms with Gasteiger partial charge in [-0.15, -0.1) is 0 Å². The number of carbonyl (C=O) groups is 3. The van der Waals surface area contributed by atoms with Crippen LogP contribution >= 0.6 is 0 Å². The van der Waals surface area contributed by atoms with E-state index in [2.05, 4.69) is 0 Å². The van der Waals surface area contributed by atoms with Gasteiger partial charge in [-0.2, -0.15) is 0 Å². The Balaban J connectivity index is 1.70. The lowest BCUT2D eigenvalue weighted by molar-refractivity contribution is -0.116. The molecule has 1 aliphatic heterocycles. The van der Waals surface area contributed by atoms with Crippen molar-refractivity contribution in [1.82, 2.24) is 5.32 Å². The molecule has 1 heterocycles. The number of alkyl carbamates (subject to hydrolysis) is 1. The quantitative estimate of drug-likeness (QED) is 0.618. The number of hydrogen-bond donors (Lipinski definition) is 2. The molecule has 0 atom stereocenters. The molecule has 150 valence electrons. The molecule has 2 N–H and O–H groups in total. The topological polar surface area (TPSA) is 111 Å². The molecule has 4 rings (SSSR count). The van der Waals surface area contributed by atoms with Crippen molar-refractivity contribution >= 4 is 34.8 Å². The van der Waals surface area contributed by atoms with Gasteiger partial charge in [0.2, 0.25) is 0 Å². The lowest BCUT2D eigenvalue weighted by atomic mass is 10.0. The average molecular weight is 405 g/mol. The minimum atomic E-state index is -1.02. The number of benzene rings is 3. The van der Waals surface area contributed by atoms with Gasteiger partial charge in [-0.1, -0.05) is 30.3 Å². The second kappa shape index (κ2) is 7.59. The Hall–Kier alpha value is -4.33. The van der Waals surface area contributed by atoms with E-state index in [0.717, 1.165) is 0 Å². The summed E-state index contributed by atoms with van der Waals surface area (Å²) in [4.78, 5) is 34.2. The minimum Gasteiger partial charge on any atom is -0.493 e. The first-order chi connectivity index (χ1) is 14.5. The fraction of sp³-hybridized carbons (Fsp3) is 0.0455. The number of amides is 2. The normalized spacial score (nSPS) is 14.5. The molecule has 0 aromatic heterocycles. The van der Waals surface area contributed by atoms with Gasteiger partial charge in [0.15, 0.2) is 17.3 Å². The van der Waals surface area contributed by atoms with Crippen molar-refractivity contribution in [2.45, 2.75) is 0 Å². The number of nitrogens with one attached hydrogen (secondary N) is 1. The number of carboxylic acid groups (broad SMARTS) is 1. The number of methoxy groups -OCH3 is 1. The molecular formula is C22H15NO7. The maximum absolute atomic E-state index is 11.6. The van der Waals surface area contributed by atoms with Gasteiger partial charge in [0, 0.05) is 5.39 Å². The molecule has 0 bridgehead atoms. The summed E-state index contributed by atoms with van der Waals surface area (Å²) in [6, 6.07) is 15.0. The number of aromatic carboxylic acids is 1. The Morgan fingerprint density at radius 3 is 2.40 bits per heavy atom. The van der Waals surface area contributed by atoms with Gasteiger partial charge in [0.1, 0.15) is 5.75 Å². The molecule has 3 aromatic carbocycles. The van der Waals surface area contributed by atoms with E-state index >= 15 is 0 Å². The summed E-state index contributed by atoms with van der Waals surface area (Å²) in [5, 5.41) is 12.6. The van der Waals surface area contributed by atoms with Crippen LogP contribution in [-0.2, 0) is 9.53 Å². The van der Waals surface area contributed by atoms with Crippen molar-refractivity contribution in [3.8, 4) is 17.2 Å². The number of rotatable bonds is 5. The number of ether oxygens (including phenoxy) is 3. The Labute approximate surface area is 170 Å². The summed E-state index contributed by atoms with van der Waals surface area (Å²) >= 11 is 0. The predicted molar refractivity (Wildman–Crippen MR) is 107 cm³/mol. The molecule has 30 heavy (non-hydrogen) atoms. The molecule has 2 amide bonds.